The summed E-state index contributed by atoms with van der Waals surface area (Å²) in [5.74, 6) is 0.710. The molecule has 0 fully saturated rings. The zero-order valence-electron chi connectivity index (χ0n) is 28.8. The third kappa shape index (κ3) is 5.78. The first kappa shape index (κ1) is 31.1. The van der Waals surface area contributed by atoms with Crippen LogP contribution in [0.3, 0.4) is 0 Å². The van der Waals surface area contributed by atoms with Crippen molar-refractivity contribution in [3.8, 4) is 67.3 Å². The molecule has 10 aromatic rings. The molecule has 3 heteroatoms. The number of benzene rings is 8. The number of aromatic nitrogens is 2. The van der Waals surface area contributed by atoms with Gasteiger partial charge in [0.25, 0.3) is 0 Å². The lowest BCUT2D eigenvalue weighted by molar-refractivity contribution is 1.19. The van der Waals surface area contributed by atoms with Crippen LogP contribution in [0, 0.1) is 0 Å². The van der Waals surface area contributed by atoms with Gasteiger partial charge in [-0.05, 0) is 86.6 Å². The first-order valence-corrected chi connectivity index (χ1v) is 18.7. The monoisotopic (exact) mass is 692 g/mol. The van der Waals surface area contributed by atoms with Crippen molar-refractivity contribution in [3.05, 3.63) is 194 Å². The van der Waals surface area contributed by atoms with Gasteiger partial charge >= 0.3 is 0 Å². The predicted molar refractivity (Wildman–Crippen MR) is 225 cm³/mol. The zero-order valence-corrected chi connectivity index (χ0v) is 29.6. The van der Waals surface area contributed by atoms with E-state index < -0.39 is 0 Å². The molecule has 10 rings (SSSR count). The summed E-state index contributed by atoms with van der Waals surface area (Å²) in [6.07, 6.45) is 0. The Balaban J connectivity index is 1.24. The zero-order chi connectivity index (χ0) is 35.1. The number of rotatable bonds is 6. The fraction of sp³-hybridized carbons (Fsp3) is 0. The van der Waals surface area contributed by atoms with Crippen LogP contribution in [-0.4, -0.2) is 9.97 Å². The molecule has 0 N–H and O–H groups in total. The van der Waals surface area contributed by atoms with Gasteiger partial charge in [0.05, 0.1) is 11.4 Å². The Kier molecular flexibility index (Phi) is 7.71. The van der Waals surface area contributed by atoms with Crippen molar-refractivity contribution >= 4 is 42.3 Å². The number of fused-ring (bicyclic) bond motifs is 4. The number of thiophene rings is 1. The van der Waals surface area contributed by atoms with Crippen molar-refractivity contribution in [2.75, 3.05) is 0 Å². The van der Waals surface area contributed by atoms with Crippen LogP contribution < -0.4 is 0 Å². The molecule has 0 radical (unpaired) electrons. The highest BCUT2D eigenvalue weighted by Gasteiger charge is 2.17. The van der Waals surface area contributed by atoms with Crippen LogP contribution in [0.1, 0.15) is 0 Å². The van der Waals surface area contributed by atoms with Gasteiger partial charge in [0.15, 0.2) is 5.82 Å². The third-order valence-electron chi connectivity index (χ3n) is 10.1. The van der Waals surface area contributed by atoms with Gasteiger partial charge in [-0.2, -0.15) is 0 Å². The largest absolute Gasteiger partial charge is 0.228 e. The molecule has 8 aromatic carbocycles. The Morgan fingerprint density at radius 2 is 0.849 bits per heavy atom. The summed E-state index contributed by atoms with van der Waals surface area (Å²) >= 11 is 1.85. The minimum atomic E-state index is 0.710. The predicted octanol–water partition coefficient (Wildman–Crippen LogP) is 14.0. The van der Waals surface area contributed by atoms with Crippen LogP contribution in [0.15, 0.2) is 194 Å². The Labute approximate surface area is 312 Å². The van der Waals surface area contributed by atoms with Crippen molar-refractivity contribution in [1.29, 1.82) is 0 Å². The highest BCUT2D eigenvalue weighted by molar-refractivity contribution is 7.25. The molecule has 0 unspecified atom stereocenters. The van der Waals surface area contributed by atoms with E-state index in [1.165, 1.54) is 42.2 Å². The number of nitrogens with zero attached hydrogens (tertiary/aromatic N) is 2. The van der Waals surface area contributed by atoms with Crippen LogP contribution in [0.25, 0.3) is 98.2 Å². The van der Waals surface area contributed by atoms with Gasteiger partial charge in [0.2, 0.25) is 0 Å². The Hall–Kier alpha value is -6.68. The maximum atomic E-state index is 5.38. The van der Waals surface area contributed by atoms with E-state index in [1.807, 2.05) is 17.4 Å². The summed E-state index contributed by atoms with van der Waals surface area (Å²) < 4.78 is 2.58. The van der Waals surface area contributed by atoms with Crippen molar-refractivity contribution in [1.82, 2.24) is 9.97 Å². The normalized spacial score (nSPS) is 11.4. The third-order valence-corrected chi connectivity index (χ3v) is 11.2. The van der Waals surface area contributed by atoms with Crippen molar-refractivity contribution in [2.45, 2.75) is 0 Å². The number of hydrogen-bond donors (Lipinski definition) is 0. The first-order chi connectivity index (χ1) is 26.2. The van der Waals surface area contributed by atoms with E-state index in [1.54, 1.807) is 0 Å². The van der Waals surface area contributed by atoms with Gasteiger partial charge in [-0.1, -0.05) is 152 Å². The lowest BCUT2D eigenvalue weighted by atomic mass is 9.91. The Bertz CT molecular complexity index is 2940. The summed E-state index contributed by atoms with van der Waals surface area (Å²) in [5, 5.41) is 4.87. The Morgan fingerprint density at radius 1 is 0.321 bits per heavy atom. The van der Waals surface area contributed by atoms with Gasteiger partial charge in [0.1, 0.15) is 0 Å². The van der Waals surface area contributed by atoms with Crippen LogP contribution in [-0.2, 0) is 0 Å². The molecule has 0 amide bonds. The molecule has 248 valence electrons. The van der Waals surface area contributed by atoms with Crippen molar-refractivity contribution in [2.24, 2.45) is 0 Å². The molecule has 53 heavy (non-hydrogen) atoms. The molecule has 0 atom stereocenters. The second-order valence-electron chi connectivity index (χ2n) is 13.4. The van der Waals surface area contributed by atoms with Gasteiger partial charge in [-0.3, -0.25) is 0 Å². The van der Waals surface area contributed by atoms with Crippen molar-refractivity contribution < 1.29 is 0 Å². The minimum Gasteiger partial charge on any atom is -0.228 e. The van der Waals surface area contributed by atoms with E-state index in [9.17, 15) is 0 Å². The summed E-state index contributed by atoms with van der Waals surface area (Å²) in [5.41, 5.74) is 11.9. The molecule has 0 saturated heterocycles. The van der Waals surface area contributed by atoms with E-state index in [0.29, 0.717) is 5.82 Å². The summed E-state index contributed by atoms with van der Waals surface area (Å²) in [4.78, 5) is 10.6. The SMILES string of the molecule is c1ccc(-c2cccc(-c3cc(-c4cc(-c5ccccc5)nc(-c5cccc6ccccc56)n4)cc(-c4cccc5sc6ccccc6c45)c3)c2)cc1. The molecule has 2 heterocycles. The molecule has 0 saturated carbocycles. The molecule has 0 spiro atoms. The smallest absolute Gasteiger partial charge is 0.161 e. The summed E-state index contributed by atoms with van der Waals surface area (Å²) in [7, 11) is 0. The molecule has 0 aliphatic carbocycles. The number of hydrogen-bond acceptors (Lipinski definition) is 3. The van der Waals surface area contributed by atoms with E-state index in [2.05, 4.69) is 188 Å². The van der Waals surface area contributed by atoms with Crippen molar-refractivity contribution in [3.63, 3.8) is 0 Å². The average Bonchev–Trinajstić information content (AvgIpc) is 3.63. The van der Waals surface area contributed by atoms with Gasteiger partial charge in [-0.25, -0.2) is 9.97 Å². The summed E-state index contributed by atoms with van der Waals surface area (Å²) in [6, 6.07) is 69.3. The van der Waals surface area contributed by atoms with E-state index >= 15 is 0 Å². The van der Waals surface area contributed by atoms with Crippen LogP contribution in [0.4, 0.5) is 0 Å². The van der Waals surface area contributed by atoms with Crippen LogP contribution >= 0.6 is 11.3 Å². The average molecular weight is 693 g/mol. The van der Waals surface area contributed by atoms with E-state index in [0.717, 1.165) is 50.2 Å². The second-order valence-corrected chi connectivity index (χ2v) is 14.5. The molecule has 2 nitrogen and oxygen atoms in total. The second kappa shape index (κ2) is 13.1. The standard InChI is InChI=1S/C50H32N2S/c1-3-14-33(15-4-1)36-20-11-21-37(28-36)38-29-39(42-24-13-27-48-49(42)44-23-9-10-26-47(44)53-48)31-40(30-38)46-32-45(35-17-5-2-6-18-35)51-50(52-46)43-25-12-19-34-16-7-8-22-41(34)43/h1-32H. The maximum absolute atomic E-state index is 5.38. The molecular weight excluding hydrogens is 661 g/mol. The van der Waals surface area contributed by atoms with Gasteiger partial charge in [0, 0.05) is 36.9 Å². The maximum Gasteiger partial charge on any atom is 0.161 e. The summed E-state index contributed by atoms with van der Waals surface area (Å²) in [6.45, 7) is 0. The molecule has 2 aromatic heterocycles. The molecular formula is C50H32N2S. The lowest BCUT2D eigenvalue weighted by Gasteiger charge is -2.15. The topological polar surface area (TPSA) is 25.8 Å². The molecule has 0 aliphatic heterocycles. The first-order valence-electron chi connectivity index (χ1n) is 17.9. The fourth-order valence-electron chi connectivity index (χ4n) is 7.51. The fourth-order valence-corrected chi connectivity index (χ4v) is 8.65. The highest BCUT2D eigenvalue weighted by atomic mass is 32.1. The van der Waals surface area contributed by atoms with Crippen LogP contribution in [0.2, 0.25) is 0 Å². The van der Waals surface area contributed by atoms with Crippen LogP contribution in [0.5, 0.6) is 0 Å². The Morgan fingerprint density at radius 3 is 1.68 bits per heavy atom. The highest BCUT2D eigenvalue weighted by Crippen LogP contribution is 2.43. The van der Waals surface area contributed by atoms with E-state index in [-0.39, 0.29) is 0 Å². The van der Waals surface area contributed by atoms with E-state index in [4.69, 9.17) is 9.97 Å². The van der Waals surface area contributed by atoms with Gasteiger partial charge in [-0.15, -0.1) is 11.3 Å². The molecule has 0 bridgehead atoms. The quantitative estimate of drug-likeness (QED) is 0.173. The minimum absolute atomic E-state index is 0.710. The van der Waals surface area contributed by atoms with Gasteiger partial charge < -0.3 is 0 Å². The lowest BCUT2D eigenvalue weighted by Crippen LogP contribution is -1.97. The molecule has 0 aliphatic rings.